The summed E-state index contributed by atoms with van der Waals surface area (Å²) >= 11 is 1.47. The molecule has 0 saturated carbocycles. The predicted octanol–water partition coefficient (Wildman–Crippen LogP) is 2.16. The molecule has 0 spiro atoms. The summed E-state index contributed by atoms with van der Waals surface area (Å²) in [7, 11) is 0. The molecule has 0 saturated heterocycles. The third-order valence-electron chi connectivity index (χ3n) is 2.51. The zero-order valence-electron chi connectivity index (χ0n) is 10.9. The molecular weight excluding hydrogens is 262 g/mol. The van der Waals surface area contributed by atoms with Crippen LogP contribution in [0.2, 0.25) is 0 Å². The van der Waals surface area contributed by atoms with Gasteiger partial charge in [-0.1, -0.05) is 25.2 Å². The van der Waals surface area contributed by atoms with Crippen LogP contribution in [-0.4, -0.2) is 33.0 Å². The zero-order chi connectivity index (χ0) is 13.8. The number of benzene rings is 1. The van der Waals surface area contributed by atoms with Crippen LogP contribution in [0.25, 0.3) is 10.6 Å². The van der Waals surface area contributed by atoms with Crippen molar-refractivity contribution in [3.63, 3.8) is 0 Å². The Labute approximate surface area is 115 Å². The van der Waals surface area contributed by atoms with Gasteiger partial charge in [-0.3, -0.25) is 0 Å². The molecule has 2 aromatic rings. The lowest BCUT2D eigenvalue weighted by atomic mass is 10.2. The number of phenols is 2. The van der Waals surface area contributed by atoms with Gasteiger partial charge in [0.25, 0.3) is 0 Å². The molecule has 0 amide bonds. The molecule has 2 rings (SSSR count). The second-order valence-electron chi connectivity index (χ2n) is 4.60. The van der Waals surface area contributed by atoms with Crippen molar-refractivity contribution >= 4 is 11.3 Å². The number of nitrogens with one attached hydrogen (secondary N) is 1. The number of rotatable bonds is 5. The molecule has 5 nitrogen and oxygen atoms in total. The minimum Gasteiger partial charge on any atom is -0.508 e. The number of phenolic OH excluding ortho intramolecular Hbond substituents is 2. The van der Waals surface area contributed by atoms with Crippen LogP contribution in [0.1, 0.15) is 18.9 Å². The van der Waals surface area contributed by atoms with Crippen LogP contribution in [0.3, 0.4) is 0 Å². The molecule has 3 N–H and O–H groups in total. The highest BCUT2D eigenvalue weighted by Gasteiger charge is 2.09. The second kappa shape index (κ2) is 5.99. The van der Waals surface area contributed by atoms with Gasteiger partial charge in [0.2, 0.25) is 0 Å². The molecule has 6 heteroatoms. The van der Waals surface area contributed by atoms with Crippen molar-refractivity contribution in [1.82, 2.24) is 15.5 Å². The average Bonchev–Trinajstić information content (AvgIpc) is 2.76. The molecule has 0 aliphatic heterocycles. The summed E-state index contributed by atoms with van der Waals surface area (Å²) in [6.07, 6.45) is 0.820. The van der Waals surface area contributed by atoms with E-state index in [1.165, 1.54) is 17.4 Å². The van der Waals surface area contributed by atoms with Gasteiger partial charge in [-0.2, -0.15) is 0 Å². The van der Waals surface area contributed by atoms with E-state index in [9.17, 15) is 10.2 Å². The normalized spacial score (nSPS) is 11.1. The monoisotopic (exact) mass is 279 g/mol. The molecule has 0 bridgehead atoms. The standard InChI is InChI=1S/C13H17N3O2S/c1-8(2)14-4-3-12-15-16-13(19-12)9-5-10(17)7-11(18)6-9/h5-8,14,17-18H,3-4H2,1-2H3. The van der Waals surface area contributed by atoms with Crippen molar-refractivity contribution in [3.05, 3.63) is 23.2 Å². The van der Waals surface area contributed by atoms with E-state index in [1.807, 2.05) is 0 Å². The van der Waals surface area contributed by atoms with Gasteiger partial charge in [0, 0.05) is 30.6 Å². The highest BCUT2D eigenvalue weighted by atomic mass is 32.1. The SMILES string of the molecule is CC(C)NCCc1nnc(-c2cc(O)cc(O)c2)s1. The first-order valence-electron chi connectivity index (χ1n) is 6.14. The molecule has 1 aromatic carbocycles. The third kappa shape index (κ3) is 3.90. The molecule has 1 aromatic heterocycles. The summed E-state index contributed by atoms with van der Waals surface area (Å²) < 4.78 is 0. The van der Waals surface area contributed by atoms with Gasteiger partial charge in [-0.05, 0) is 12.1 Å². The Balaban J connectivity index is 2.07. The smallest absolute Gasteiger partial charge is 0.148 e. The minimum absolute atomic E-state index is 0.0215. The van der Waals surface area contributed by atoms with Crippen LogP contribution in [0.4, 0.5) is 0 Å². The van der Waals surface area contributed by atoms with Crippen LogP contribution in [0, 0.1) is 0 Å². The molecule has 0 radical (unpaired) electrons. The Bertz CT molecular complexity index is 534. The number of aromatic hydroxyl groups is 2. The molecule has 102 valence electrons. The Morgan fingerprint density at radius 2 is 1.84 bits per heavy atom. The Morgan fingerprint density at radius 1 is 1.16 bits per heavy atom. The lowest BCUT2D eigenvalue weighted by Gasteiger charge is -2.05. The predicted molar refractivity (Wildman–Crippen MR) is 75.5 cm³/mol. The maximum Gasteiger partial charge on any atom is 0.148 e. The first kappa shape index (κ1) is 13.8. The van der Waals surface area contributed by atoms with Crippen LogP contribution >= 0.6 is 11.3 Å². The van der Waals surface area contributed by atoms with Gasteiger partial charge >= 0.3 is 0 Å². The fraction of sp³-hybridized carbons (Fsp3) is 0.385. The Kier molecular flexibility index (Phi) is 4.34. The fourth-order valence-corrected chi connectivity index (χ4v) is 2.48. The number of aromatic nitrogens is 2. The zero-order valence-corrected chi connectivity index (χ0v) is 11.7. The summed E-state index contributed by atoms with van der Waals surface area (Å²) in [5.41, 5.74) is 0.679. The lowest BCUT2D eigenvalue weighted by Crippen LogP contribution is -2.24. The number of hydrogen-bond donors (Lipinski definition) is 3. The summed E-state index contributed by atoms with van der Waals surface area (Å²) in [6, 6.07) is 4.88. The highest BCUT2D eigenvalue weighted by Crippen LogP contribution is 2.30. The van der Waals surface area contributed by atoms with Gasteiger partial charge in [-0.25, -0.2) is 0 Å². The Morgan fingerprint density at radius 3 is 2.47 bits per heavy atom. The molecule has 1 heterocycles. The maximum absolute atomic E-state index is 9.45. The van der Waals surface area contributed by atoms with Crippen LogP contribution in [-0.2, 0) is 6.42 Å². The summed E-state index contributed by atoms with van der Waals surface area (Å²) in [5.74, 6) is 0.0430. The van der Waals surface area contributed by atoms with Gasteiger partial charge in [0.1, 0.15) is 21.5 Å². The second-order valence-corrected chi connectivity index (χ2v) is 5.66. The highest BCUT2D eigenvalue weighted by molar-refractivity contribution is 7.14. The van der Waals surface area contributed by atoms with Crippen molar-refractivity contribution < 1.29 is 10.2 Å². The van der Waals surface area contributed by atoms with Crippen LogP contribution < -0.4 is 5.32 Å². The summed E-state index contributed by atoms with van der Waals surface area (Å²) in [4.78, 5) is 0. The molecule has 19 heavy (non-hydrogen) atoms. The van der Waals surface area contributed by atoms with Crippen LogP contribution in [0.15, 0.2) is 18.2 Å². The van der Waals surface area contributed by atoms with Gasteiger partial charge in [-0.15, -0.1) is 10.2 Å². The van der Waals surface area contributed by atoms with E-state index in [2.05, 4.69) is 29.4 Å². The van der Waals surface area contributed by atoms with Gasteiger partial charge in [0.05, 0.1) is 0 Å². The van der Waals surface area contributed by atoms with Crippen molar-refractivity contribution in [1.29, 1.82) is 0 Å². The summed E-state index contributed by atoms with van der Waals surface area (Å²) in [5, 5.41) is 32.1. The summed E-state index contributed by atoms with van der Waals surface area (Å²) in [6.45, 7) is 5.06. The van der Waals surface area contributed by atoms with E-state index in [0.717, 1.165) is 18.0 Å². The Hall–Kier alpha value is -1.66. The maximum atomic E-state index is 9.45. The largest absolute Gasteiger partial charge is 0.508 e. The lowest BCUT2D eigenvalue weighted by molar-refractivity contribution is 0.451. The molecule has 0 aliphatic rings. The van der Waals surface area contributed by atoms with E-state index in [-0.39, 0.29) is 11.5 Å². The van der Waals surface area contributed by atoms with E-state index in [0.29, 0.717) is 16.6 Å². The number of nitrogens with zero attached hydrogens (tertiary/aromatic N) is 2. The quantitative estimate of drug-likeness (QED) is 0.781. The van der Waals surface area contributed by atoms with Crippen molar-refractivity contribution in [2.24, 2.45) is 0 Å². The minimum atomic E-state index is 0.0215. The first-order valence-corrected chi connectivity index (χ1v) is 6.95. The van der Waals surface area contributed by atoms with Gasteiger partial charge in [0.15, 0.2) is 0 Å². The fourth-order valence-electron chi connectivity index (χ4n) is 1.66. The van der Waals surface area contributed by atoms with Crippen LogP contribution in [0.5, 0.6) is 11.5 Å². The van der Waals surface area contributed by atoms with E-state index < -0.39 is 0 Å². The van der Waals surface area contributed by atoms with E-state index in [1.54, 1.807) is 12.1 Å². The third-order valence-corrected chi connectivity index (χ3v) is 3.54. The first-order chi connectivity index (χ1) is 9.04. The topological polar surface area (TPSA) is 78.3 Å². The molecular formula is C13H17N3O2S. The molecule has 0 fully saturated rings. The van der Waals surface area contributed by atoms with Crippen molar-refractivity contribution in [2.45, 2.75) is 26.3 Å². The molecule has 0 atom stereocenters. The number of hydrogen-bond acceptors (Lipinski definition) is 6. The molecule has 0 aliphatic carbocycles. The van der Waals surface area contributed by atoms with E-state index >= 15 is 0 Å². The molecule has 0 unspecified atom stereocenters. The average molecular weight is 279 g/mol. The van der Waals surface area contributed by atoms with Crippen molar-refractivity contribution in [2.75, 3.05) is 6.54 Å². The van der Waals surface area contributed by atoms with E-state index in [4.69, 9.17) is 0 Å². The van der Waals surface area contributed by atoms with Crippen molar-refractivity contribution in [3.8, 4) is 22.1 Å². The van der Waals surface area contributed by atoms with Gasteiger partial charge < -0.3 is 15.5 Å².